The summed E-state index contributed by atoms with van der Waals surface area (Å²) in [6, 6.07) is 0. The molecule has 0 heterocycles. The van der Waals surface area contributed by atoms with Gasteiger partial charge in [-0.15, -0.1) is 0 Å². The van der Waals surface area contributed by atoms with Gasteiger partial charge in [-0.05, 0) is 52.8 Å². The first kappa shape index (κ1) is 14.4. The number of hydrogen-bond acceptors (Lipinski definition) is 0. The monoisotopic (exact) mass is 472 g/mol. The van der Waals surface area contributed by atoms with Crippen LogP contribution in [0.5, 0.6) is 0 Å². The Hall–Kier alpha value is 1.46. The van der Waals surface area contributed by atoms with E-state index in [2.05, 4.69) is 86.7 Å². The molecular formula is C16H26I2. The fraction of sp³-hybridized carbons (Fsp3) is 1.00. The summed E-state index contributed by atoms with van der Waals surface area (Å²) in [6.45, 7) is 14.9. The third-order valence-electron chi connectivity index (χ3n) is 7.35. The van der Waals surface area contributed by atoms with Crippen LogP contribution in [0.15, 0.2) is 0 Å². The van der Waals surface area contributed by atoms with Crippen molar-refractivity contribution >= 4 is 45.2 Å². The zero-order valence-electron chi connectivity index (χ0n) is 12.5. The molecule has 0 N–H and O–H groups in total. The Labute approximate surface area is 140 Å². The average molecular weight is 472 g/mol. The van der Waals surface area contributed by atoms with Crippen molar-refractivity contribution in [3.63, 3.8) is 0 Å². The molecule has 0 aliphatic heterocycles. The van der Waals surface area contributed by atoms with Crippen LogP contribution in [0.25, 0.3) is 0 Å². The van der Waals surface area contributed by atoms with Gasteiger partial charge in [0, 0.05) is 0 Å². The Bertz CT molecular complexity index is 407. The van der Waals surface area contributed by atoms with E-state index < -0.39 is 0 Å². The number of hydrogen-bond donors (Lipinski definition) is 0. The minimum atomic E-state index is 0.531. The number of halogens is 2. The smallest absolute Gasteiger partial charge is 0.0669 e. The van der Waals surface area contributed by atoms with E-state index in [1.54, 1.807) is 0 Å². The van der Waals surface area contributed by atoms with Gasteiger partial charge in [-0.2, -0.15) is 0 Å². The Morgan fingerprint density at radius 3 is 1.83 bits per heavy atom. The van der Waals surface area contributed by atoms with Crippen LogP contribution in [0.3, 0.4) is 0 Å². The summed E-state index contributed by atoms with van der Waals surface area (Å²) in [4.78, 5) is 0. The predicted molar refractivity (Wildman–Crippen MR) is 95.4 cm³/mol. The maximum Gasteiger partial charge on any atom is 0.0776 e. The van der Waals surface area contributed by atoms with E-state index in [-0.39, 0.29) is 0 Å². The van der Waals surface area contributed by atoms with Gasteiger partial charge in [-0.25, -0.2) is 0 Å². The standard InChI is InChI=1S/C16H26I2/c1-10(2)11-14(9-16(11,17)18)8-15(14)7-12(3,4)13(15,5)6/h10-11H,7-9H2,1-6H3/t11?,14?,15-/m0/s1. The van der Waals surface area contributed by atoms with Crippen molar-refractivity contribution in [3.05, 3.63) is 0 Å². The highest BCUT2D eigenvalue weighted by Crippen LogP contribution is 2.95. The average Bonchev–Trinajstić information content (AvgIpc) is 2.72. The third-order valence-corrected chi connectivity index (χ3v) is 9.45. The topological polar surface area (TPSA) is 0 Å². The first-order valence-electron chi connectivity index (χ1n) is 7.31. The maximum absolute atomic E-state index is 2.73. The minimum absolute atomic E-state index is 0.531. The highest BCUT2D eigenvalue weighted by atomic mass is 127. The van der Waals surface area contributed by atoms with E-state index in [1.807, 2.05) is 0 Å². The molecule has 0 aromatic rings. The summed E-state index contributed by atoms with van der Waals surface area (Å²) in [6.07, 6.45) is 4.45. The summed E-state index contributed by atoms with van der Waals surface area (Å²) in [7, 11) is 0. The second kappa shape index (κ2) is 3.44. The van der Waals surface area contributed by atoms with Gasteiger partial charge in [0.1, 0.15) is 0 Å². The molecule has 0 saturated heterocycles. The maximum atomic E-state index is 2.73. The van der Waals surface area contributed by atoms with E-state index in [0.717, 1.165) is 11.8 Å². The molecule has 3 atom stereocenters. The van der Waals surface area contributed by atoms with Gasteiger partial charge in [0.25, 0.3) is 0 Å². The third kappa shape index (κ3) is 1.29. The van der Waals surface area contributed by atoms with Crippen molar-refractivity contribution in [2.75, 3.05) is 0 Å². The molecule has 104 valence electrons. The molecular weight excluding hydrogens is 446 g/mol. The molecule has 3 aliphatic rings. The van der Waals surface area contributed by atoms with E-state index in [9.17, 15) is 0 Å². The van der Waals surface area contributed by atoms with Crippen LogP contribution >= 0.6 is 45.2 Å². The summed E-state index contributed by atoms with van der Waals surface area (Å²) in [5.74, 6) is 1.77. The Morgan fingerprint density at radius 1 is 0.944 bits per heavy atom. The SMILES string of the molecule is CC(C)C1C(I)(I)CC12C[C@]21CC(C)(C)C1(C)C. The van der Waals surface area contributed by atoms with Crippen LogP contribution in [-0.2, 0) is 0 Å². The highest BCUT2D eigenvalue weighted by molar-refractivity contribution is 14.2. The predicted octanol–water partition coefficient (Wildman–Crippen LogP) is 6.06. The molecule has 0 nitrogen and oxygen atoms in total. The largest absolute Gasteiger partial charge is 0.0776 e. The van der Waals surface area contributed by atoms with E-state index >= 15 is 0 Å². The lowest BCUT2D eigenvalue weighted by Gasteiger charge is -2.67. The van der Waals surface area contributed by atoms with Crippen LogP contribution < -0.4 is 0 Å². The lowest BCUT2D eigenvalue weighted by atomic mass is 9.39. The molecule has 0 radical (unpaired) electrons. The minimum Gasteiger partial charge on any atom is -0.0669 e. The summed E-state index contributed by atoms with van der Waals surface area (Å²) < 4.78 is 0.531. The van der Waals surface area contributed by atoms with Gasteiger partial charge >= 0.3 is 0 Å². The quantitative estimate of drug-likeness (QED) is 0.322. The zero-order valence-corrected chi connectivity index (χ0v) is 16.8. The molecule has 2 spiro atoms. The molecule has 3 saturated carbocycles. The van der Waals surface area contributed by atoms with Crippen molar-refractivity contribution in [2.24, 2.45) is 33.5 Å². The van der Waals surface area contributed by atoms with Crippen LogP contribution in [0.2, 0.25) is 0 Å². The van der Waals surface area contributed by atoms with Gasteiger partial charge in [-0.3, -0.25) is 0 Å². The van der Waals surface area contributed by atoms with Crippen molar-refractivity contribution < 1.29 is 0 Å². The number of alkyl halides is 2. The van der Waals surface area contributed by atoms with Crippen molar-refractivity contribution in [1.29, 1.82) is 0 Å². The molecule has 0 bridgehead atoms. The first-order valence-corrected chi connectivity index (χ1v) is 9.47. The molecule has 3 aliphatic carbocycles. The van der Waals surface area contributed by atoms with Crippen LogP contribution in [0.1, 0.15) is 60.8 Å². The van der Waals surface area contributed by atoms with Crippen molar-refractivity contribution in [1.82, 2.24) is 0 Å². The molecule has 3 rings (SSSR count). The summed E-state index contributed by atoms with van der Waals surface area (Å²) in [5, 5.41) is 0. The van der Waals surface area contributed by atoms with Gasteiger partial charge in [-0.1, -0.05) is 86.7 Å². The first-order chi connectivity index (χ1) is 7.94. The van der Waals surface area contributed by atoms with E-state index in [4.69, 9.17) is 0 Å². The van der Waals surface area contributed by atoms with Gasteiger partial charge in [0.2, 0.25) is 0 Å². The fourth-order valence-electron chi connectivity index (χ4n) is 5.99. The second-order valence-electron chi connectivity index (χ2n) is 8.76. The van der Waals surface area contributed by atoms with Crippen LogP contribution in [0, 0.1) is 33.5 Å². The van der Waals surface area contributed by atoms with Gasteiger partial charge < -0.3 is 0 Å². The highest BCUT2D eigenvalue weighted by Gasteiger charge is 2.88. The lowest BCUT2D eigenvalue weighted by molar-refractivity contribution is -0.162. The molecule has 0 aromatic heterocycles. The summed E-state index contributed by atoms with van der Waals surface area (Å²) >= 11 is 5.47. The fourth-order valence-corrected chi connectivity index (χ4v) is 9.98. The normalized spacial score (nSPS) is 50.2. The molecule has 2 heteroatoms. The molecule has 0 aromatic carbocycles. The number of rotatable bonds is 1. The van der Waals surface area contributed by atoms with E-state index in [0.29, 0.717) is 23.1 Å². The van der Waals surface area contributed by atoms with Crippen LogP contribution in [-0.4, -0.2) is 1.43 Å². The Morgan fingerprint density at radius 2 is 1.50 bits per heavy atom. The molecule has 2 unspecified atom stereocenters. The second-order valence-corrected chi connectivity index (χ2v) is 14.7. The Kier molecular flexibility index (Phi) is 2.75. The van der Waals surface area contributed by atoms with Crippen molar-refractivity contribution in [2.45, 2.75) is 62.2 Å². The van der Waals surface area contributed by atoms with Gasteiger partial charge in [0.05, 0.1) is 1.43 Å². The summed E-state index contributed by atoms with van der Waals surface area (Å²) in [5.41, 5.74) is 2.49. The van der Waals surface area contributed by atoms with Gasteiger partial charge in [0.15, 0.2) is 0 Å². The molecule has 3 fully saturated rings. The van der Waals surface area contributed by atoms with Crippen molar-refractivity contribution in [3.8, 4) is 0 Å². The lowest BCUT2D eigenvalue weighted by Crippen LogP contribution is -2.62. The molecule has 18 heavy (non-hydrogen) atoms. The van der Waals surface area contributed by atoms with E-state index in [1.165, 1.54) is 19.3 Å². The van der Waals surface area contributed by atoms with Crippen LogP contribution in [0.4, 0.5) is 0 Å². The number of fused-ring (bicyclic) bond motifs is 1. The zero-order chi connectivity index (χ0) is 13.8. The Balaban J connectivity index is 1.91. The molecule has 0 amide bonds.